The molecule has 2 rings (SSSR count). The number of hydrogen-bond donors (Lipinski definition) is 1. The first-order valence-electron chi connectivity index (χ1n) is 8.65. The fraction of sp³-hybridized carbons (Fsp3) is 0.238. The van der Waals surface area contributed by atoms with E-state index in [0.717, 1.165) is 30.2 Å². The molecule has 0 unspecified atom stereocenters. The highest BCUT2D eigenvalue weighted by molar-refractivity contribution is 5.96. The molecule has 0 aromatic heterocycles. The summed E-state index contributed by atoms with van der Waals surface area (Å²) in [5, 5.41) is 2.65. The molecular formula is C21H20F3NO3. The van der Waals surface area contributed by atoms with Crippen LogP contribution in [0.2, 0.25) is 0 Å². The Morgan fingerprint density at radius 3 is 2.21 bits per heavy atom. The molecule has 0 bridgehead atoms. The summed E-state index contributed by atoms with van der Waals surface area (Å²) in [5.74, 6) is -1.26. The van der Waals surface area contributed by atoms with Crippen LogP contribution >= 0.6 is 0 Å². The van der Waals surface area contributed by atoms with Gasteiger partial charge >= 0.3 is 12.1 Å². The van der Waals surface area contributed by atoms with Crippen LogP contribution < -0.4 is 5.32 Å². The van der Waals surface area contributed by atoms with Crippen LogP contribution in [-0.4, -0.2) is 18.0 Å². The number of hydrogen-bond acceptors (Lipinski definition) is 3. The fourth-order valence-corrected chi connectivity index (χ4v) is 2.28. The lowest BCUT2D eigenvalue weighted by molar-refractivity contribution is -0.148. The van der Waals surface area contributed by atoms with Gasteiger partial charge in [-0.1, -0.05) is 31.2 Å². The SMILES string of the molecule is CCc1ccc(NC(=O)[C@H](C)OC(=O)/C=C/c2ccc(C(F)(F)F)cc2)cc1. The number of rotatable bonds is 6. The first kappa shape index (κ1) is 21.2. The molecule has 0 aliphatic rings. The highest BCUT2D eigenvalue weighted by Gasteiger charge is 2.29. The van der Waals surface area contributed by atoms with Gasteiger partial charge in [0, 0.05) is 11.8 Å². The topological polar surface area (TPSA) is 55.4 Å². The van der Waals surface area contributed by atoms with Crippen molar-refractivity contribution >= 4 is 23.6 Å². The Bertz CT molecular complexity index is 841. The van der Waals surface area contributed by atoms with Crippen LogP contribution in [0.5, 0.6) is 0 Å². The summed E-state index contributed by atoms with van der Waals surface area (Å²) in [6, 6.07) is 11.6. The van der Waals surface area contributed by atoms with Crippen molar-refractivity contribution in [2.75, 3.05) is 5.32 Å². The van der Waals surface area contributed by atoms with Crippen molar-refractivity contribution in [3.8, 4) is 0 Å². The van der Waals surface area contributed by atoms with Crippen molar-refractivity contribution in [1.82, 2.24) is 0 Å². The maximum Gasteiger partial charge on any atom is 0.416 e. The third-order valence-electron chi connectivity index (χ3n) is 3.94. The first-order chi connectivity index (χ1) is 13.2. The summed E-state index contributed by atoms with van der Waals surface area (Å²) in [6.45, 7) is 3.45. The van der Waals surface area contributed by atoms with E-state index in [2.05, 4.69) is 5.32 Å². The summed E-state index contributed by atoms with van der Waals surface area (Å²) in [5.41, 5.74) is 1.35. The minimum Gasteiger partial charge on any atom is -0.449 e. The van der Waals surface area contributed by atoms with E-state index in [1.54, 1.807) is 12.1 Å². The predicted octanol–water partition coefficient (Wildman–Crippen LogP) is 4.85. The molecule has 0 radical (unpaired) electrons. The normalized spacial score (nSPS) is 12.6. The smallest absolute Gasteiger partial charge is 0.416 e. The lowest BCUT2D eigenvalue weighted by atomic mass is 10.1. The number of amides is 1. The largest absolute Gasteiger partial charge is 0.449 e. The Balaban J connectivity index is 1.88. The highest BCUT2D eigenvalue weighted by atomic mass is 19.4. The molecule has 4 nitrogen and oxygen atoms in total. The Morgan fingerprint density at radius 1 is 1.07 bits per heavy atom. The third kappa shape index (κ3) is 6.26. The van der Waals surface area contributed by atoms with Crippen LogP contribution in [0.25, 0.3) is 6.08 Å². The molecule has 28 heavy (non-hydrogen) atoms. The van der Waals surface area contributed by atoms with Crippen molar-refractivity contribution in [2.45, 2.75) is 32.5 Å². The molecule has 0 fully saturated rings. The van der Waals surface area contributed by atoms with E-state index in [9.17, 15) is 22.8 Å². The van der Waals surface area contributed by atoms with Gasteiger partial charge in [-0.15, -0.1) is 0 Å². The minimum atomic E-state index is -4.42. The van der Waals surface area contributed by atoms with E-state index >= 15 is 0 Å². The third-order valence-corrected chi connectivity index (χ3v) is 3.94. The Labute approximate surface area is 161 Å². The molecule has 2 aromatic rings. The lowest BCUT2D eigenvalue weighted by Gasteiger charge is -2.12. The maximum atomic E-state index is 12.5. The molecule has 0 saturated carbocycles. The van der Waals surface area contributed by atoms with Crippen LogP contribution in [0.4, 0.5) is 18.9 Å². The van der Waals surface area contributed by atoms with E-state index in [0.29, 0.717) is 11.3 Å². The van der Waals surface area contributed by atoms with Gasteiger partial charge in [0.25, 0.3) is 5.91 Å². The summed E-state index contributed by atoms with van der Waals surface area (Å²) in [7, 11) is 0. The molecule has 0 aliphatic carbocycles. The maximum absolute atomic E-state index is 12.5. The molecule has 0 spiro atoms. The van der Waals surface area contributed by atoms with E-state index in [1.165, 1.54) is 25.1 Å². The van der Waals surface area contributed by atoms with E-state index < -0.39 is 29.7 Å². The van der Waals surface area contributed by atoms with E-state index in [4.69, 9.17) is 4.74 Å². The van der Waals surface area contributed by atoms with Gasteiger partial charge in [0.2, 0.25) is 0 Å². The zero-order valence-electron chi connectivity index (χ0n) is 15.4. The molecule has 7 heteroatoms. The number of ether oxygens (including phenoxy) is 1. The number of carbonyl (C=O) groups excluding carboxylic acids is 2. The zero-order chi connectivity index (χ0) is 20.7. The van der Waals surface area contributed by atoms with Gasteiger partial charge in [-0.25, -0.2) is 4.79 Å². The Morgan fingerprint density at radius 2 is 1.68 bits per heavy atom. The van der Waals surface area contributed by atoms with E-state index in [-0.39, 0.29) is 0 Å². The average Bonchev–Trinajstić information content (AvgIpc) is 2.66. The number of alkyl halides is 3. The molecule has 0 aliphatic heterocycles. The monoisotopic (exact) mass is 391 g/mol. The fourth-order valence-electron chi connectivity index (χ4n) is 2.28. The Hall–Kier alpha value is -3.09. The number of anilines is 1. The summed E-state index contributed by atoms with van der Waals surface area (Å²) in [4.78, 5) is 23.9. The van der Waals surface area contributed by atoms with Gasteiger partial charge in [0.1, 0.15) is 0 Å². The summed E-state index contributed by atoms with van der Waals surface area (Å²) < 4.78 is 42.6. The number of aryl methyl sites for hydroxylation is 1. The summed E-state index contributed by atoms with van der Waals surface area (Å²) in [6.07, 6.45) is -2.19. The van der Waals surface area contributed by atoms with Crippen molar-refractivity contribution in [2.24, 2.45) is 0 Å². The molecule has 0 heterocycles. The van der Waals surface area contributed by atoms with Crippen LogP contribution in [0.15, 0.2) is 54.6 Å². The molecule has 2 aromatic carbocycles. The first-order valence-corrected chi connectivity index (χ1v) is 8.65. The van der Waals surface area contributed by atoms with Gasteiger partial charge in [0.15, 0.2) is 6.10 Å². The second-order valence-electron chi connectivity index (χ2n) is 6.07. The lowest BCUT2D eigenvalue weighted by Crippen LogP contribution is -2.29. The van der Waals surface area contributed by atoms with Gasteiger partial charge in [-0.05, 0) is 54.8 Å². The number of nitrogens with one attached hydrogen (secondary N) is 1. The average molecular weight is 391 g/mol. The zero-order valence-corrected chi connectivity index (χ0v) is 15.4. The predicted molar refractivity (Wildman–Crippen MR) is 100 cm³/mol. The molecule has 148 valence electrons. The molecule has 1 N–H and O–H groups in total. The summed E-state index contributed by atoms with van der Waals surface area (Å²) >= 11 is 0. The molecule has 0 saturated heterocycles. The molecule has 1 atom stereocenters. The Kier molecular flexibility index (Phi) is 6.98. The molecule has 1 amide bonds. The number of halogens is 3. The second kappa shape index (κ2) is 9.21. The van der Waals surface area contributed by atoms with Crippen LogP contribution in [0, 0.1) is 0 Å². The molecular weight excluding hydrogens is 371 g/mol. The van der Waals surface area contributed by atoms with Gasteiger partial charge < -0.3 is 10.1 Å². The van der Waals surface area contributed by atoms with E-state index in [1.807, 2.05) is 19.1 Å². The van der Waals surface area contributed by atoms with Crippen molar-refractivity contribution in [3.05, 3.63) is 71.3 Å². The van der Waals surface area contributed by atoms with Crippen molar-refractivity contribution in [3.63, 3.8) is 0 Å². The minimum absolute atomic E-state index is 0.401. The van der Waals surface area contributed by atoms with Crippen LogP contribution in [-0.2, 0) is 26.9 Å². The number of esters is 1. The quantitative estimate of drug-likeness (QED) is 0.566. The highest BCUT2D eigenvalue weighted by Crippen LogP contribution is 2.29. The van der Waals surface area contributed by atoms with Crippen LogP contribution in [0.1, 0.15) is 30.5 Å². The second-order valence-corrected chi connectivity index (χ2v) is 6.07. The number of carbonyl (C=O) groups is 2. The van der Waals surface area contributed by atoms with Crippen LogP contribution in [0.3, 0.4) is 0 Å². The number of benzene rings is 2. The van der Waals surface area contributed by atoms with Gasteiger partial charge in [-0.3, -0.25) is 4.79 Å². The standard InChI is InChI=1S/C21H20F3NO3/c1-3-15-6-11-18(12-7-15)25-20(27)14(2)28-19(26)13-8-16-4-9-17(10-5-16)21(22,23)24/h4-14H,3H2,1-2H3,(H,25,27)/b13-8+/t14-/m0/s1. The van der Waals surface area contributed by atoms with Crippen molar-refractivity contribution < 1.29 is 27.5 Å². The van der Waals surface area contributed by atoms with Gasteiger partial charge in [-0.2, -0.15) is 13.2 Å². The van der Waals surface area contributed by atoms with Crippen molar-refractivity contribution in [1.29, 1.82) is 0 Å². The van der Waals surface area contributed by atoms with Gasteiger partial charge in [0.05, 0.1) is 5.56 Å².